The molecule has 1 atom stereocenters. The van der Waals surface area contributed by atoms with E-state index in [-0.39, 0.29) is 24.3 Å². The van der Waals surface area contributed by atoms with E-state index in [0.717, 1.165) is 16.7 Å². The van der Waals surface area contributed by atoms with Crippen LogP contribution in [0, 0.1) is 11.3 Å². The minimum atomic E-state index is -0.767. The number of esters is 1. The predicted molar refractivity (Wildman–Crippen MR) is 174 cm³/mol. The largest absolute Gasteiger partial charge is 0.488 e. The van der Waals surface area contributed by atoms with Gasteiger partial charge in [0.15, 0.2) is 4.80 Å². The third-order valence-corrected chi connectivity index (χ3v) is 8.49. The maximum Gasteiger partial charge on any atom is 0.338 e. The summed E-state index contributed by atoms with van der Waals surface area (Å²) in [6.07, 6.45) is 1.72. The molecule has 4 aromatic carbocycles. The first-order chi connectivity index (χ1) is 22.0. The number of thiazole rings is 1. The number of benzene rings is 4. The molecule has 1 aliphatic heterocycles. The summed E-state index contributed by atoms with van der Waals surface area (Å²) in [7, 11) is 0. The lowest BCUT2D eigenvalue weighted by Crippen LogP contribution is -2.40. The lowest BCUT2D eigenvalue weighted by Gasteiger charge is -2.25. The predicted octanol–water partition coefficient (Wildman–Crippen LogP) is 6.04. The highest BCUT2D eigenvalue weighted by molar-refractivity contribution is 7.07. The Morgan fingerprint density at radius 1 is 1.02 bits per heavy atom. The first kappa shape index (κ1) is 29.8. The number of ether oxygens (including phenoxy) is 2. The summed E-state index contributed by atoms with van der Waals surface area (Å²) in [5.74, 6) is -0.0406. The molecule has 2 heterocycles. The molecule has 7 nitrogen and oxygen atoms in total. The van der Waals surface area contributed by atoms with Gasteiger partial charge in [0.1, 0.15) is 12.4 Å². The molecule has 0 fully saturated rings. The summed E-state index contributed by atoms with van der Waals surface area (Å²) in [5, 5.41) is 9.95. The standard InChI is InChI=1S/C36H26ClN3O4S/c1-2-43-35(42)31-32(23-11-5-3-6-12-23)39-36-40(33(31)24-13-7-4-8-14-24)34(41)30(45-36)20-27-19-28(37)17-18-29(27)44-22-26-16-10-9-15-25(26)21-38/h3-20,33H,2,22H2,1H3/b30-20-/t33-/m1/s1. The molecular weight excluding hydrogens is 606 g/mol. The van der Waals surface area contributed by atoms with E-state index in [9.17, 15) is 14.9 Å². The van der Waals surface area contributed by atoms with Crippen LogP contribution in [0.15, 0.2) is 118 Å². The van der Waals surface area contributed by atoms with Crippen molar-refractivity contribution in [2.75, 3.05) is 6.61 Å². The van der Waals surface area contributed by atoms with Gasteiger partial charge in [-0.1, -0.05) is 102 Å². The summed E-state index contributed by atoms with van der Waals surface area (Å²) in [5.41, 5.74) is 3.77. The number of halogens is 1. The van der Waals surface area contributed by atoms with Crippen LogP contribution in [0.4, 0.5) is 0 Å². The molecule has 0 spiro atoms. The van der Waals surface area contributed by atoms with Crippen LogP contribution >= 0.6 is 22.9 Å². The molecule has 0 radical (unpaired) electrons. The molecule has 1 aromatic heterocycles. The van der Waals surface area contributed by atoms with Crippen molar-refractivity contribution in [2.45, 2.75) is 19.6 Å². The topological polar surface area (TPSA) is 93.7 Å². The van der Waals surface area contributed by atoms with Crippen molar-refractivity contribution in [3.8, 4) is 11.8 Å². The molecule has 0 saturated carbocycles. The zero-order valence-corrected chi connectivity index (χ0v) is 25.7. The van der Waals surface area contributed by atoms with Gasteiger partial charge < -0.3 is 9.47 Å². The minimum Gasteiger partial charge on any atom is -0.488 e. The number of fused-ring (bicyclic) bond motifs is 1. The van der Waals surface area contributed by atoms with E-state index in [0.29, 0.717) is 36.9 Å². The summed E-state index contributed by atoms with van der Waals surface area (Å²) < 4.78 is 13.6. The van der Waals surface area contributed by atoms with Crippen molar-refractivity contribution in [1.29, 1.82) is 5.26 Å². The first-order valence-electron chi connectivity index (χ1n) is 14.2. The van der Waals surface area contributed by atoms with Crippen LogP contribution < -0.4 is 19.6 Å². The Morgan fingerprint density at radius 3 is 2.47 bits per heavy atom. The summed E-state index contributed by atoms with van der Waals surface area (Å²) in [6.45, 7) is 2.08. The van der Waals surface area contributed by atoms with E-state index in [4.69, 9.17) is 26.1 Å². The number of nitriles is 1. The molecule has 0 bridgehead atoms. The van der Waals surface area contributed by atoms with Gasteiger partial charge in [-0.25, -0.2) is 9.79 Å². The Balaban J connectivity index is 1.53. The van der Waals surface area contributed by atoms with Gasteiger partial charge in [0.2, 0.25) is 0 Å². The van der Waals surface area contributed by atoms with Crippen molar-refractivity contribution in [1.82, 2.24) is 4.57 Å². The van der Waals surface area contributed by atoms with Gasteiger partial charge >= 0.3 is 5.97 Å². The average Bonchev–Trinajstić information content (AvgIpc) is 3.38. The van der Waals surface area contributed by atoms with Gasteiger partial charge in [-0.05, 0) is 42.8 Å². The van der Waals surface area contributed by atoms with Gasteiger partial charge in [0.25, 0.3) is 5.56 Å². The molecule has 45 heavy (non-hydrogen) atoms. The third-order valence-electron chi connectivity index (χ3n) is 7.27. The van der Waals surface area contributed by atoms with Crippen LogP contribution in [0.3, 0.4) is 0 Å². The van der Waals surface area contributed by atoms with Crippen molar-refractivity contribution >= 4 is 40.7 Å². The second-order valence-electron chi connectivity index (χ2n) is 10.1. The fourth-order valence-electron chi connectivity index (χ4n) is 5.21. The lowest BCUT2D eigenvalue weighted by atomic mass is 9.93. The second-order valence-corrected chi connectivity index (χ2v) is 11.5. The molecule has 0 N–H and O–H groups in total. The fourth-order valence-corrected chi connectivity index (χ4v) is 6.38. The molecule has 5 aromatic rings. The summed E-state index contributed by atoms with van der Waals surface area (Å²) in [4.78, 5) is 33.1. The van der Waals surface area contributed by atoms with Gasteiger partial charge in [0.05, 0.1) is 40.1 Å². The van der Waals surface area contributed by atoms with Crippen molar-refractivity contribution in [3.63, 3.8) is 0 Å². The smallest absolute Gasteiger partial charge is 0.338 e. The molecule has 222 valence electrons. The Labute approximate surface area is 268 Å². The third kappa shape index (κ3) is 6.09. The zero-order valence-electron chi connectivity index (χ0n) is 24.1. The number of hydrogen-bond acceptors (Lipinski definition) is 7. The van der Waals surface area contributed by atoms with E-state index in [1.807, 2.05) is 72.8 Å². The van der Waals surface area contributed by atoms with E-state index >= 15 is 0 Å². The van der Waals surface area contributed by atoms with Crippen molar-refractivity contribution < 1.29 is 14.3 Å². The molecule has 0 saturated heterocycles. The number of carbonyl (C=O) groups is 1. The number of aromatic nitrogens is 1. The Morgan fingerprint density at radius 2 is 1.73 bits per heavy atom. The summed E-state index contributed by atoms with van der Waals surface area (Å²) >= 11 is 7.60. The molecule has 9 heteroatoms. The number of nitrogens with zero attached hydrogens (tertiary/aromatic N) is 3. The first-order valence-corrected chi connectivity index (χ1v) is 15.4. The molecule has 6 rings (SSSR count). The van der Waals surface area contributed by atoms with E-state index in [1.54, 1.807) is 47.9 Å². The monoisotopic (exact) mass is 631 g/mol. The molecular formula is C36H26ClN3O4S. The Bertz CT molecular complexity index is 2150. The quantitative estimate of drug-likeness (QED) is 0.195. The zero-order chi connectivity index (χ0) is 31.3. The van der Waals surface area contributed by atoms with Crippen molar-refractivity contribution in [3.05, 3.63) is 161 Å². The van der Waals surface area contributed by atoms with Gasteiger partial charge in [0, 0.05) is 21.7 Å². The van der Waals surface area contributed by atoms with Gasteiger partial charge in [-0.2, -0.15) is 5.26 Å². The van der Waals surface area contributed by atoms with Crippen LogP contribution in [0.2, 0.25) is 5.02 Å². The highest BCUT2D eigenvalue weighted by Crippen LogP contribution is 2.35. The van der Waals surface area contributed by atoms with Crippen LogP contribution in [0.25, 0.3) is 11.8 Å². The molecule has 1 aliphatic rings. The average molecular weight is 632 g/mol. The minimum absolute atomic E-state index is 0.158. The van der Waals surface area contributed by atoms with Gasteiger partial charge in [-0.15, -0.1) is 0 Å². The highest BCUT2D eigenvalue weighted by atomic mass is 35.5. The van der Waals surface area contributed by atoms with Crippen molar-refractivity contribution in [2.24, 2.45) is 4.99 Å². The highest BCUT2D eigenvalue weighted by Gasteiger charge is 2.35. The number of hydrogen-bond donors (Lipinski definition) is 0. The van der Waals surface area contributed by atoms with Crippen LogP contribution in [0.1, 0.15) is 40.8 Å². The maximum absolute atomic E-state index is 14.2. The SMILES string of the molecule is CCOC(=O)C1=C(c2ccccc2)N=c2s/c(=C\c3cc(Cl)ccc3OCc3ccccc3C#N)c(=O)n2[C@@H]1c1ccccc1. The molecule has 0 unspecified atom stereocenters. The van der Waals surface area contributed by atoms with Crippen LogP contribution in [-0.2, 0) is 16.1 Å². The fraction of sp³-hybridized carbons (Fsp3) is 0.111. The number of rotatable bonds is 8. The van der Waals surface area contributed by atoms with E-state index in [1.165, 1.54) is 11.3 Å². The van der Waals surface area contributed by atoms with E-state index < -0.39 is 12.0 Å². The summed E-state index contributed by atoms with van der Waals surface area (Å²) in [6, 6.07) is 32.6. The normalized spacial score (nSPS) is 14.3. The number of carbonyl (C=O) groups excluding carboxylic acids is 1. The maximum atomic E-state index is 14.2. The van der Waals surface area contributed by atoms with E-state index in [2.05, 4.69) is 6.07 Å². The van der Waals surface area contributed by atoms with Crippen LogP contribution in [-0.4, -0.2) is 17.1 Å². The molecule has 0 amide bonds. The Kier molecular flexibility index (Phi) is 8.74. The second kappa shape index (κ2) is 13.2. The van der Waals surface area contributed by atoms with Crippen LogP contribution in [0.5, 0.6) is 5.75 Å². The Hall–Kier alpha value is -5.23. The van der Waals surface area contributed by atoms with Gasteiger partial charge in [-0.3, -0.25) is 9.36 Å². The molecule has 0 aliphatic carbocycles. The lowest BCUT2D eigenvalue weighted by molar-refractivity contribution is -0.138.